The van der Waals surface area contributed by atoms with E-state index in [0.29, 0.717) is 28.3 Å². The summed E-state index contributed by atoms with van der Waals surface area (Å²) in [5, 5.41) is 15.6. The molecule has 0 bridgehead atoms. The lowest BCUT2D eigenvalue weighted by molar-refractivity contribution is 0.414. The molecule has 174 valence electrons. The molecule has 2 aromatic heterocycles. The fourth-order valence-electron chi connectivity index (χ4n) is 4.11. The van der Waals surface area contributed by atoms with Gasteiger partial charge in [0.25, 0.3) is 0 Å². The second kappa shape index (κ2) is 10.5. The van der Waals surface area contributed by atoms with Gasteiger partial charge in [-0.3, -0.25) is 4.68 Å². The number of hydrazone groups is 1. The van der Waals surface area contributed by atoms with Crippen LogP contribution < -0.4 is 11.1 Å². The summed E-state index contributed by atoms with van der Waals surface area (Å²) in [7, 11) is 3.75. The van der Waals surface area contributed by atoms with E-state index in [4.69, 9.17) is 34.0 Å². The molecule has 0 radical (unpaired) electrons. The minimum Gasteiger partial charge on any atom is -0.383 e. The number of rotatable bonds is 6. The van der Waals surface area contributed by atoms with Crippen LogP contribution in [0.3, 0.4) is 0 Å². The van der Waals surface area contributed by atoms with E-state index in [2.05, 4.69) is 26.3 Å². The second-order valence-electron chi connectivity index (χ2n) is 8.48. The topological polar surface area (TPSA) is 84.4 Å². The summed E-state index contributed by atoms with van der Waals surface area (Å²) in [4.78, 5) is 4.47. The molecule has 3 heterocycles. The number of nitrogens with two attached hydrogens (primary N) is 1. The number of pyridine rings is 1. The Labute approximate surface area is 204 Å². The van der Waals surface area contributed by atoms with Gasteiger partial charge in [-0.1, -0.05) is 35.3 Å². The third-order valence-electron chi connectivity index (χ3n) is 5.79. The molecule has 4 rings (SSSR count). The molecule has 1 unspecified atom stereocenters. The average molecular weight is 486 g/mol. The van der Waals surface area contributed by atoms with Crippen molar-refractivity contribution in [1.82, 2.24) is 25.1 Å². The first-order chi connectivity index (χ1) is 15.9. The monoisotopic (exact) mass is 485 g/mol. The Balaban J connectivity index is 1.67. The zero-order valence-corrected chi connectivity index (χ0v) is 20.4. The van der Waals surface area contributed by atoms with Gasteiger partial charge in [0.15, 0.2) is 0 Å². The summed E-state index contributed by atoms with van der Waals surface area (Å²) in [6.45, 7) is 2.09. The molecular weight excluding hydrogens is 457 g/mol. The molecule has 7 nitrogen and oxygen atoms in total. The molecule has 1 saturated heterocycles. The molecule has 9 heteroatoms. The number of hydrogen-bond donors (Lipinski definition) is 2. The number of nitrogens with zero attached hydrogens (tertiary/aromatic N) is 5. The van der Waals surface area contributed by atoms with Crippen LogP contribution >= 0.6 is 23.2 Å². The molecule has 33 heavy (non-hydrogen) atoms. The molecular formula is C24H29Cl2N7. The predicted octanol–water partition coefficient (Wildman–Crippen LogP) is 4.66. The molecule has 1 fully saturated rings. The Morgan fingerprint density at radius 1 is 1.21 bits per heavy atom. The van der Waals surface area contributed by atoms with Crippen LogP contribution in [0.25, 0.3) is 11.1 Å². The third kappa shape index (κ3) is 5.66. The van der Waals surface area contributed by atoms with E-state index in [9.17, 15) is 0 Å². The first-order valence-electron chi connectivity index (χ1n) is 11.1. The molecule has 1 atom stereocenters. The van der Waals surface area contributed by atoms with Crippen LogP contribution in [0.15, 0.2) is 48.0 Å². The van der Waals surface area contributed by atoms with Gasteiger partial charge in [-0.05, 0) is 50.0 Å². The van der Waals surface area contributed by atoms with E-state index < -0.39 is 0 Å². The number of halogens is 2. The highest BCUT2D eigenvalue weighted by molar-refractivity contribution is 6.42. The Hall–Kier alpha value is -2.61. The lowest BCUT2D eigenvalue weighted by Crippen LogP contribution is -2.15. The lowest BCUT2D eigenvalue weighted by Gasteiger charge is -2.15. The van der Waals surface area contributed by atoms with E-state index in [1.54, 1.807) is 17.3 Å². The summed E-state index contributed by atoms with van der Waals surface area (Å²) < 4.78 is 2.08. The van der Waals surface area contributed by atoms with Gasteiger partial charge in [0.1, 0.15) is 5.82 Å². The predicted molar refractivity (Wildman–Crippen MR) is 136 cm³/mol. The first kappa shape index (κ1) is 23.5. The normalized spacial score (nSPS) is 17.1. The van der Waals surface area contributed by atoms with Crippen LogP contribution in [-0.4, -0.2) is 52.7 Å². The van der Waals surface area contributed by atoms with E-state index in [1.165, 1.54) is 0 Å². The van der Waals surface area contributed by atoms with Crippen LogP contribution in [0.1, 0.15) is 36.4 Å². The number of nitrogens with one attached hydrogen (secondary N) is 1. The van der Waals surface area contributed by atoms with Crippen molar-refractivity contribution in [2.75, 3.05) is 32.9 Å². The van der Waals surface area contributed by atoms with Gasteiger partial charge in [-0.15, -0.1) is 0 Å². The maximum absolute atomic E-state index is 6.45. The van der Waals surface area contributed by atoms with Crippen molar-refractivity contribution in [2.24, 2.45) is 5.10 Å². The van der Waals surface area contributed by atoms with Crippen LogP contribution in [0.5, 0.6) is 0 Å². The number of anilines is 1. The molecule has 1 aliphatic rings. The Morgan fingerprint density at radius 3 is 2.88 bits per heavy atom. The quantitative estimate of drug-likeness (QED) is 0.391. The highest BCUT2D eigenvalue weighted by Crippen LogP contribution is 2.29. The summed E-state index contributed by atoms with van der Waals surface area (Å²) in [6.07, 6.45) is 9.61. The fourth-order valence-corrected chi connectivity index (χ4v) is 4.49. The second-order valence-corrected chi connectivity index (χ2v) is 9.27. The fraction of sp³-hybridized carbons (Fsp3) is 0.375. The van der Waals surface area contributed by atoms with Gasteiger partial charge in [-0.25, -0.2) is 4.98 Å². The number of aromatic nitrogens is 3. The van der Waals surface area contributed by atoms with E-state index in [-0.39, 0.29) is 0 Å². The van der Waals surface area contributed by atoms with E-state index in [0.717, 1.165) is 60.3 Å². The molecule has 3 N–H and O–H groups in total. The first-order valence-corrected chi connectivity index (χ1v) is 11.9. The standard InChI is InChI=1S/C24H29Cl2N7/c1-32(2)31-22(12-16-5-3-7-21(25)23(16)26)20-11-17(13-29-24(20)27)18-14-30-33(15-18)19-6-4-9-28-10-8-19/h3,5,7,11,13-15,19,28H,4,6,8-10,12H2,1-2H3,(H2,27,29)/b31-22+. The van der Waals surface area contributed by atoms with Crippen LogP contribution in [0, 0.1) is 0 Å². The molecule has 1 aromatic carbocycles. The average Bonchev–Trinajstić information content (AvgIpc) is 3.12. The molecule has 0 amide bonds. The van der Waals surface area contributed by atoms with Crippen molar-refractivity contribution >= 4 is 34.7 Å². The molecule has 0 aliphatic carbocycles. The van der Waals surface area contributed by atoms with Crippen molar-refractivity contribution in [1.29, 1.82) is 0 Å². The Morgan fingerprint density at radius 2 is 2.06 bits per heavy atom. The number of benzene rings is 1. The van der Waals surface area contributed by atoms with Gasteiger partial charge in [0, 0.05) is 49.6 Å². The summed E-state index contributed by atoms with van der Waals surface area (Å²) >= 11 is 12.7. The summed E-state index contributed by atoms with van der Waals surface area (Å²) in [5.41, 5.74) is 10.7. The minimum absolute atomic E-state index is 0.408. The molecule has 0 saturated carbocycles. The smallest absolute Gasteiger partial charge is 0.132 e. The van der Waals surface area contributed by atoms with Gasteiger partial charge in [0.05, 0.1) is 28.0 Å². The Bertz CT molecular complexity index is 1130. The minimum atomic E-state index is 0.408. The van der Waals surface area contributed by atoms with Crippen LogP contribution in [-0.2, 0) is 6.42 Å². The third-order valence-corrected chi connectivity index (χ3v) is 6.65. The van der Waals surface area contributed by atoms with Gasteiger partial charge >= 0.3 is 0 Å². The highest BCUT2D eigenvalue weighted by atomic mass is 35.5. The van der Waals surface area contributed by atoms with Gasteiger partial charge in [-0.2, -0.15) is 10.2 Å². The van der Waals surface area contributed by atoms with Crippen LogP contribution in [0.2, 0.25) is 10.0 Å². The van der Waals surface area contributed by atoms with Crippen molar-refractivity contribution in [2.45, 2.75) is 31.7 Å². The molecule has 3 aromatic rings. The highest BCUT2D eigenvalue weighted by Gasteiger charge is 2.18. The molecule has 1 aliphatic heterocycles. The maximum Gasteiger partial charge on any atom is 0.132 e. The zero-order chi connectivity index (χ0) is 23.4. The number of hydrogen-bond acceptors (Lipinski definition) is 6. The largest absolute Gasteiger partial charge is 0.383 e. The maximum atomic E-state index is 6.45. The van der Waals surface area contributed by atoms with Crippen molar-refractivity contribution < 1.29 is 0 Å². The summed E-state index contributed by atoms with van der Waals surface area (Å²) in [5.74, 6) is 0.416. The van der Waals surface area contributed by atoms with Gasteiger partial charge < -0.3 is 16.1 Å². The van der Waals surface area contributed by atoms with Crippen molar-refractivity contribution in [3.05, 3.63) is 64.0 Å². The van der Waals surface area contributed by atoms with E-state index >= 15 is 0 Å². The van der Waals surface area contributed by atoms with Gasteiger partial charge in [0.2, 0.25) is 0 Å². The van der Waals surface area contributed by atoms with Crippen molar-refractivity contribution in [3.63, 3.8) is 0 Å². The van der Waals surface area contributed by atoms with E-state index in [1.807, 2.05) is 38.5 Å². The molecule has 0 spiro atoms. The number of nitrogen functional groups attached to an aromatic ring is 1. The van der Waals surface area contributed by atoms with Crippen LogP contribution in [0.4, 0.5) is 5.82 Å². The Kier molecular flexibility index (Phi) is 7.53. The lowest BCUT2D eigenvalue weighted by atomic mass is 10.00. The zero-order valence-electron chi connectivity index (χ0n) is 18.9. The summed E-state index contributed by atoms with van der Waals surface area (Å²) in [6, 6.07) is 8.03. The SMILES string of the molecule is CN(C)/N=C(\Cc1cccc(Cl)c1Cl)c1cc(-c2cnn(C3CCCNCC3)c2)cnc1N. The van der Waals surface area contributed by atoms with Crippen molar-refractivity contribution in [3.8, 4) is 11.1 Å².